The van der Waals surface area contributed by atoms with Crippen LogP contribution in [-0.4, -0.2) is 16.9 Å². The first-order valence-electron chi connectivity index (χ1n) is 9.99. The van der Waals surface area contributed by atoms with Crippen molar-refractivity contribution in [1.82, 2.24) is 4.57 Å². The van der Waals surface area contributed by atoms with Crippen molar-refractivity contribution in [3.63, 3.8) is 0 Å². The van der Waals surface area contributed by atoms with E-state index in [1.165, 1.54) is 0 Å². The molecule has 4 rings (SSSR count). The zero-order valence-corrected chi connectivity index (χ0v) is 18.9. The highest BCUT2D eigenvalue weighted by atomic mass is 35.5. The Hall–Kier alpha value is -3.15. The van der Waals surface area contributed by atoms with Crippen molar-refractivity contribution in [1.29, 1.82) is 0 Å². The summed E-state index contributed by atoms with van der Waals surface area (Å²) in [5.41, 5.74) is 4.99. The van der Waals surface area contributed by atoms with Gasteiger partial charge in [-0.25, -0.2) is 0 Å². The fraction of sp³-hybridized carbons (Fsp3) is 0.120. The van der Waals surface area contributed by atoms with E-state index in [2.05, 4.69) is 44.4 Å². The number of para-hydroxylation sites is 1. The predicted molar refractivity (Wildman–Crippen MR) is 129 cm³/mol. The van der Waals surface area contributed by atoms with Crippen molar-refractivity contribution in [2.24, 2.45) is 10.2 Å². The quantitative estimate of drug-likeness (QED) is 0.243. The van der Waals surface area contributed by atoms with E-state index in [4.69, 9.17) is 16.3 Å². The van der Waals surface area contributed by atoms with Gasteiger partial charge < -0.3 is 4.74 Å². The van der Waals surface area contributed by atoms with Gasteiger partial charge in [0.05, 0.1) is 18.0 Å². The Morgan fingerprint density at radius 2 is 1.68 bits per heavy atom. The SMILES string of the molecule is CCOc1ccc(-c2cs/c(=N/N=C(/C)c3ccc(Cl)cc3)n2-c2ccccc2)cc1. The highest BCUT2D eigenvalue weighted by Gasteiger charge is 2.10. The van der Waals surface area contributed by atoms with Gasteiger partial charge in [-0.05, 0) is 73.5 Å². The van der Waals surface area contributed by atoms with Gasteiger partial charge in [0, 0.05) is 16.1 Å². The lowest BCUT2D eigenvalue weighted by molar-refractivity contribution is 0.340. The molecule has 156 valence electrons. The molecule has 0 saturated carbocycles. The molecule has 4 aromatic rings. The molecular weight excluding hydrogens is 426 g/mol. The Kier molecular flexibility index (Phi) is 6.65. The molecule has 1 aromatic heterocycles. The van der Waals surface area contributed by atoms with Gasteiger partial charge in [0.15, 0.2) is 0 Å². The van der Waals surface area contributed by atoms with Crippen LogP contribution in [0.4, 0.5) is 0 Å². The molecule has 4 nitrogen and oxygen atoms in total. The lowest BCUT2D eigenvalue weighted by Crippen LogP contribution is -2.13. The van der Waals surface area contributed by atoms with Crippen LogP contribution in [0.25, 0.3) is 16.9 Å². The summed E-state index contributed by atoms with van der Waals surface area (Å²) in [5.74, 6) is 0.862. The van der Waals surface area contributed by atoms with E-state index in [9.17, 15) is 0 Å². The Bertz CT molecular complexity index is 1240. The number of aromatic nitrogens is 1. The Balaban J connectivity index is 1.79. The maximum Gasteiger partial charge on any atom is 0.215 e. The molecule has 0 fully saturated rings. The second kappa shape index (κ2) is 9.77. The van der Waals surface area contributed by atoms with Crippen LogP contribution in [0.5, 0.6) is 5.75 Å². The number of hydrogen-bond donors (Lipinski definition) is 0. The van der Waals surface area contributed by atoms with Crippen molar-refractivity contribution in [3.05, 3.63) is 99.6 Å². The molecule has 0 amide bonds. The standard InChI is InChI=1S/C25H22ClN3OS/c1-3-30-23-15-11-20(12-16-23)24-17-31-25(29(24)22-7-5-4-6-8-22)28-27-18(2)19-9-13-21(26)14-10-19/h4-17H,3H2,1-2H3/b27-18-,28-25+. The highest BCUT2D eigenvalue weighted by Crippen LogP contribution is 2.25. The van der Waals surface area contributed by atoms with E-state index in [1.54, 1.807) is 11.3 Å². The maximum atomic E-state index is 5.99. The number of rotatable bonds is 6. The van der Waals surface area contributed by atoms with Crippen LogP contribution in [0.3, 0.4) is 0 Å². The minimum atomic E-state index is 0.649. The number of ether oxygens (including phenoxy) is 1. The molecule has 0 aliphatic rings. The largest absolute Gasteiger partial charge is 0.494 e. The summed E-state index contributed by atoms with van der Waals surface area (Å²) in [7, 11) is 0. The number of thiazole rings is 1. The average Bonchev–Trinajstić information content (AvgIpc) is 3.23. The van der Waals surface area contributed by atoms with E-state index in [-0.39, 0.29) is 0 Å². The molecule has 6 heteroatoms. The van der Waals surface area contributed by atoms with E-state index in [0.717, 1.165) is 38.8 Å². The normalized spacial score (nSPS) is 12.2. The monoisotopic (exact) mass is 447 g/mol. The molecule has 0 radical (unpaired) electrons. The lowest BCUT2D eigenvalue weighted by atomic mass is 10.1. The molecule has 1 heterocycles. The lowest BCUT2D eigenvalue weighted by Gasteiger charge is -2.10. The smallest absolute Gasteiger partial charge is 0.215 e. The van der Waals surface area contributed by atoms with Gasteiger partial charge in [-0.2, -0.15) is 5.10 Å². The van der Waals surface area contributed by atoms with Gasteiger partial charge >= 0.3 is 0 Å². The second-order valence-corrected chi connectivity index (χ2v) is 8.10. The van der Waals surface area contributed by atoms with Gasteiger partial charge in [-0.1, -0.05) is 41.9 Å². The topological polar surface area (TPSA) is 38.9 Å². The average molecular weight is 448 g/mol. The van der Waals surface area contributed by atoms with Gasteiger partial charge in [0.1, 0.15) is 5.75 Å². The van der Waals surface area contributed by atoms with Crippen LogP contribution in [0.1, 0.15) is 19.4 Å². The molecule has 0 atom stereocenters. The summed E-state index contributed by atoms with van der Waals surface area (Å²) in [4.78, 5) is 0.795. The first kappa shape index (κ1) is 21.1. The number of nitrogens with zero attached hydrogens (tertiary/aromatic N) is 3. The first-order valence-corrected chi connectivity index (χ1v) is 11.2. The summed E-state index contributed by atoms with van der Waals surface area (Å²) in [5, 5.41) is 11.9. The fourth-order valence-electron chi connectivity index (χ4n) is 3.16. The molecule has 0 saturated heterocycles. The van der Waals surface area contributed by atoms with Crippen molar-refractivity contribution in [3.8, 4) is 22.7 Å². The molecule has 0 bridgehead atoms. The third-order valence-electron chi connectivity index (χ3n) is 4.73. The summed E-state index contributed by atoms with van der Waals surface area (Å²) in [6, 6.07) is 25.9. The second-order valence-electron chi connectivity index (χ2n) is 6.82. The number of halogens is 1. The highest BCUT2D eigenvalue weighted by molar-refractivity contribution is 7.07. The molecule has 0 N–H and O–H groups in total. The molecule has 0 aliphatic carbocycles. The minimum absolute atomic E-state index is 0.649. The van der Waals surface area contributed by atoms with Gasteiger partial charge in [-0.3, -0.25) is 4.57 Å². The van der Waals surface area contributed by atoms with Crippen LogP contribution in [0, 0.1) is 0 Å². The summed E-state index contributed by atoms with van der Waals surface area (Å²) in [6.45, 7) is 4.58. The fourth-order valence-corrected chi connectivity index (χ4v) is 4.15. The third-order valence-corrected chi connectivity index (χ3v) is 5.80. The summed E-state index contributed by atoms with van der Waals surface area (Å²) >= 11 is 7.55. The maximum absolute atomic E-state index is 5.99. The van der Waals surface area contributed by atoms with Crippen LogP contribution >= 0.6 is 22.9 Å². The van der Waals surface area contributed by atoms with E-state index < -0.39 is 0 Å². The van der Waals surface area contributed by atoms with Crippen molar-refractivity contribution in [2.75, 3.05) is 6.61 Å². The van der Waals surface area contributed by atoms with Crippen LogP contribution < -0.4 is 9.54 Å². The molecule has 3 aromatic carbocycles. The molecule has 0 unspecified atom stereocenters. The zero-order valence-electron chi connectivity index (χ0n) is 17.3. The number of hydrogen-bond acceptors (Lipinski definition) is 4. The molecule has 31 heavy (non-hydrogen) atoms. The Morgan fingerprint density at radius 1 is 0.968 bits per heavy atom. The Labute approximate surface area is 190 Å². The van der Waals surface area contributed by atoms with Crippen molar-refractivity contribution < 1.29 is 4.74 Å². The molecule has 0 spiro atoms. The van der Waals surface area contributed by atoms with Gasteiger partial charge in [0.2, 0.25) is 4.80 Å². The Morgan fingerprint density at radius 3 is 2.35 bits per heavy atom. The minimum Gasteiger partial charge on any atom is -0.494 e. The van der Waals surface area contributed by atoms with E-state index in [1.807, 2.05) is 68.4 Å². The van der Waals surface area contributed by atoms with Crippen molar-refractivity contribution in [2.45, 2.75) is 13.8 Å². The molecular formula is C25H22ClN3OS. The summed E-state index contributed by atoms with van der Waals surface area (Å²) in [6.07, 6.45) is 0. The van der Waals surface area contributed by atoms with Gasteiger partial charge in [-0.15, -0.1) is 16.4 Å². The van der Waals surface area contributed by atoms with Crippen LogP contribution in [-0.2, 0) is 0 Å². The summed E-state index contributed by atoms with van der Waals surface area (Å²) < 4.78 is 7.71. The first-order chi connectivity index (χ1) is 15.2. The van der Waals surface area contributed by atoms with Crippen molar-refractivity contribution >= 4 is 28.6 Å². The third kappa shape index (κ3) is 4.95. The van der Waals surface area contributed by atoms with E-state index in [0.29, 0.717) is 11.6 Å². The predicted octanol–water partition coefficient (Wildman–Crippen LogP) is 6.58. The zero-order chi connectivity index (χ0) is 21.6. The number of benzene rings is 3. The van der Waals surface area contributed by atoms with Gasteiger partial charge in [0.25, 0.3) is 0 Å². The van der Waals surface area contributed by atoms with Crippen LogP contribution in [0.2, 0.25) is 5.02 Å². The van der Waals surface area contributed by atoms with Crippen LogP contribution in [0.15, 0.2) is 94.4 Å². The molecule has 0 aliphatic heterocycles. The van der Waals surface area contributed by atoms with E-state index >= 15 is 0 Å².